The summed E-state index contributed by atoms with van der Waals surface area (Å²) < 4.78 is 47.0. The molecule has 2 heterocycles. The van der Waals surface area contributed by atoms with Gasteiger partial charge in [0.1, 0.15) is 12.3 Å². The number of ketones is 2. The van der Waals surface area contributed by atoms with E-state index in [1.165, 1.54) is 39.4 Å². The summed E-state index contributed by atoms with van der Waals surface area (Å²) in [5.41, 5.74) is 1.95. The van der Waals surface area contributed by atoms with Crippen LogP contribution in [0.5, 0.6) is 23.0 Å². The third-order valence-electron chi connectivity index (χ3n) is 9.19. The first-order valence-corrected chi connectivity index (χ1v) is 18.6. The van der Waals surface area contributed by atoms with E-state index in [1.807, 2.05) is 0 Å². The molecule has 1 N–H and O–H groups in total. The van der Waals surface area contributed by atoms with E-state index in [4.69, 9.17) is 37.9 Å². The number of carbonyl (C=O) groups is 3. The maximum absolute atomic E-state index is 12.4. The average Bonchev–Trinajstić information content (AvgIpc) is 3.65. The molecule has 0 saturated carbocycles. The SMILES string of the molecule is CCC1OC(OCCOCCOCCn2cc(COc3ccc(/C=C/C(=O)CC(=O)/C=C/c4ccc(O)c(OC)c4)cc3OC)nn2)C(OC(C)=O)C(C)C1C. The van der Waals surface area contributed by atoms with Crippen molar-refractivity contribution >= 4 is 29.7 Å². The Hall–Kier alpha value is -5.09. The first-order chi connectivity index (χ1) is 27.0. The molecule has 4 rings (SSSR count). The summed E-state index contributed by atoms with van der Waals surface area (Å²) in [6.45, 7) is 10.1. The van der Waals surface area contributed by atoms with Gasteiger partial charge in [0, 0.05) is 12.8 Å². The molecule has 1 aliphatic heterocycles. The Balaban J connectivity index is 1.11. The van der Waals surface area contributed by atoms with Gasteiger partial charge >= 0.3 is 5.97 Å². The lowest BCUT2D eigenvalue weighted by Crippen LogP contribution is -2.52. The number of benzene rings is 2. The number of phenolic OH excluding ortho intramolecular Hbond substituents is 1. The van der Waals surface area contributed by atoms with Gasteiger partial charge < -0.3 is 43.0 Å². The molecular weight excluding hydrogens is 726 g/mol. The molecule has 1 fully saturated rings. The number of phenols is 1. The topological polar surface area (TPSA) is 176 Å². The number of aromatic nitrogens is 3. The fraction of sp³-hybridized carbons (Fsp3) is 0.488. The van der Waals surface area contributed by atoms with Crippen molar-refractivity contribution in [1.29, 1.82) is 0 Å². The zero-order valence-corrected chi connectivity index (χ0v) is 32.9. The molecule has 5 atom stereocenters. The molecular formula is C41H53N3O12. The molecule has 2 aromatic carbocycles. The summed E-state index contributed by atoms with van der Waals surface area (Å²) in [7, 11) is 2.95. The number of aromatic hydroxyl groups is 1. The van der Waals surface area contributed by atoms with Crippen LogP contribution in [0.15, 0.2) is 54.7 Å². The summed E-state index contributed by atoms with van der Waals surface area (Å²) >= 11 is 0. The minimum Gasteiger partial charge on any atom is -0.504 e. The van der Waals surface area contributed by atoms with Crippen LogP contribution in [0.1, 0.15) is 57.4 Å². The second-order valence-corrected chi connectivity index (χ2v) is 13.2. The van der Waals surface area contributed by atoms with E-state index in [0.29, 0.717) is 67.9 Å². The van der Waals surface area contributed by atoms with Crippen molar-refractivity contribution in [3.8, 4) is 23.0 Å². The quantitative estimate of drug-likeness (QED) is 0.0574. The van der Waals surface area contributed by atoms with Crippen LogP contribution in [0.25, 0.3) is 12.2 Å². The number of carbonyl (C=O) groups excluding carboxylic acids is 3. The molecule has 56 heavy (non-hydrogen) atoms. The van der Waals surface area contributed by atoms with E-state index in [0.717, 1.165) is 6.42 Å². The Morgan fingerprint density at radius 2 is 1.50 bits per heavy atom. The number of hydrogen-bond donors (Lipinski definition) is 1. The summed E-state index contributed by atoms with van der Waals surface area (Å²) in [5, 5.41) is 18.0. The lowest BCUT2D eigenvalue weighted by Gasteiger charge is -2.43. The van der Waals surface area contributed by atoms with Crippen molar-refractivity contribution in [2.45, 2.75) is 72.2 Å². The Morgan fingerprint density at radius 1 is 0.857 bits per heavy atom. The van der Waals surface area contributed by atoms with Crippen molar-refractivity contribution in [2.24, 2.45) is 11.8 Å². The van der Waals surface area contributed by atoms with Gasteiger partial charge in [-0.3, -0.25) is 14.4 Å². The standard InChI is InChI=1S/C41H53N3O12/c1-7-36-27(2)28(3)40(55-29(4)45)41(56-36)53-21-20-52-19-18-51-17-16-44-25-32(42-43-44)26-54-37-15-11-31(23-39(37)50-6)9-13-34(47)24-33(46)12-8-30-10-14-35(48)38(22-30)49-5/h8-15,22-23,25,27-28,36,40-41,48H,7,16-21,24,26H2,1-6H3/b12-8+,13-9+. The Labute approximate surface area is 327 Å². The monoisotopic (exact) mass is 779 g/mol. The maximum Gasteiger partial charge on any atom is 0.303 e. The van der Waals surface area contributed by atoms with Crippen LogP contribution < -0.4 is 14.2 Å². The van der Waals surface area contributed by atoms with Crippen molar-refractivity contribution in [2.75, 3.05) is 47.3 Å². The van der Waals surface area contributed by atoms with Gasteiger partial charge in [-0.15, -0.1) is 5.10 Å². The number of esters is 1. The Morgan fingerprint density at radius 3 is 2.16 bits per heavy atom. The molecule has 1 aliphatic rings. The van der Waals surface area contributed by atoms with E-state index in [-0.39, 0.29) is 60.0 Å². The van der Waals surface area contributed by atoms with Crippen molar-refractivity contribution in [3.05, 3.63) is 71.6 Å². The van der Waals surface area contributed by atoms with E-state index < -0.39 is 12.4 Å². The first-order valence-electron chi connectivity index (χ1n) is 18.6. The Bertz CT molecular complexity index is 1790. The van der Waals surface area contributed by atoms with Crippen LogP contribution in [-0.2, 0) is 51.2 Å². The maximum atomic E-state index is 12.4. The number of hydrogen-bond acceptors (Lipinski definition) is 14. The van der Waals surface area contributed by atoms with Gasteiger partial charge in [-0.2, -0.15) is 0 Å². The second-order valence-electron chi connectivity index (χ2n) is 13.2. The number of methoxy groups -OCH3 is 2. The zero-order chi connectivity index (χ0) is 40.5. The van der Waals surface area contributed by atoms with Gasteiger partial charge in [0.05, 0.1) is 72.5 Å². The van der Waals surface area contributed by atoms with Crippen molar-refractivity contribution < 1.29 is 57.4 Å². The van der Waals surface area contributed by atoms with Crippen LogP contribution in [-0.4, -0.2) is 103 Å². The minimum absolute atomic E-state index is 0.00611. The lowest BCUT2D eigenvalue weighted by molar-refractivity contribution is -0.277. The third kappa shape index (κ3) is 13.6. The zero-order valence-electron chi connectivity index (χ0n) is 32.9. The summed E-state index contributed by atoms with van der Waals surface area (Å²) in [6.07, 6.45) is 7.07. The van der Waals surface area contributed by atoms with Gasteiger partial charge in [0.25, 0.3) is 0 Å². The fourth-order valence-corrected chi connectivity index (χ4v) is 5.96. The summed E-state index contributed by atoms with van der Waals surface area (Å²) in [6, 6.07) is 9.89. The largest absolute Gasteiger partial charge is 0.504 e. The molecule has 0 amide bonds. The van der Waals surface area contributed by atoms with E-state index >= 15 is 0 Å². The number of nitrogens with zero attached hydrogens (tertiary/aromatic N) is 3. The molecule has 3 aromatic rings. The summed E-state index contributed by atoms with van der Waals surface area (Å²) in [4.78, 5) is 36.4. The van der Waals surface area contributed by atoms with Crippen LogP contribution >= 0.6 is 0 Å². The van der Waals surface area contributed by atoms with Crippen LogP contribution in [0.4, 0.5) is 0 Å². The van der Waals surface area contributed by atoms with E-state index in [1.54, 1.807) is 53.4 Å². The fourth-order valence-electron chi connectivity index (χ4n) is 5.96. The number of ether oxygens (including phenoxy) is 8. The van der Waals surface area contributed by atoms with E-state index in [2.05, 4.69) is 31.1 Å². The average molecular weight is 780 g/mol. The van der Waals surface area contributed by atoms with Crippen LogP contribution in [0.2, 0.25) is 0 Å². The molecule has 1 saturated heterocycles. The summed E-state index contributed by atoms with van der Waals surface area (Å²) in [5.74, 6) is 0.488. The predicted octanol–water partition coefficient (Wildman–Crippen LogP) is 5.22. The van der Waals surface area contributed by atoms with Crippen molar-refractivity contribution in [3.63, 3.8) is 0 Å². The number of allylic oxidation sites excluding steroid dienone is 2. The van der Waals surface area contributed by atoms with Gasteiger partial charge in [-0.05, 0) is 59.9 Å². The smallest absolute Gasteiger partial charge is 0.303 e. The normalized spacial score (nSPS) is 19.6. The van der Waals surface area contributed by atoms with Crippen LogP contribution in [0, 0.1) is 11.8 Å². The molecule has 15 heteroatoms. The molecule has 0 spiro atoms. The molecule has 0 aliphatic carbocycles. The van der Waals surface area contributed by atoms with Crippen molar-refractivity contribution in [1.82, 2.24) is 15.0 Å². The van der Waals surface area contributed by atoms with Crippen LogP contribution in [0.3, 0.4) is 0 Å². The molecule has 15 nitrogen and oxygen atoms in total. The molecule has 1 aromatic heterocycles. The first kappa shape index (κ1) is 43.6. The molecule has 304 valence electrons. The second kappa shape index (κ2) is 22.5. The minimum atomic E-state index is -0.632. The lowest BCUT2D eigenvalue weighted by atomic mass is 9.82. The van der Waals surface area contributed by atoms with Gasteiger partial charge in [-0.25, -0.2) is 4.68 Å². The highest BCUT2D eigenvalue weighted by Crippen LogP contribution is 2.35. The van der Waals surface area contributed by atoms with Gasteiger partial charge in [0.2, 0.25) is 0 Å². The molecule has 5 unspecified atom stereocenters. The highest BCUT2D eigenvalue weighted by molar-refractivity contribution is 6.10. The van der Waals surface area contributed by atoms with Gasteiger partial charge in [-0.1, -0.05) is 50.3 Å². The highest BCUT2D eigenvalue weighted by Gasteiger charge is 2.43. The highest BCUT2D eigenvalue weighted by atomic mass is 16.7. The number of rotatable bonds is 23. The Kier molecular flexibility index (Phi) is 17.5. The van der Waals surface area contributed by atoms with Gasteiger partial charge in [0.15, 0.2) is 47.0 Å². The molecule has 0 bridgehead atoms. The third-order valence-corrected chi connectivity index (χ3v) is 9.19. The predicted molar refractivity (Wildman–Crippen MR) is 205 cm³/mol. The van der Waals surface area contributed by atoms with E-state index in [9.17, 15) is 19.5 Å². The molecule has 0 radical (unpaired) electrons.